The van der Waals surface area contributed by atoms with Crippen molar-refractivity contribution in [3.63, 3.8) is 0 Å². The molecule has 0 unspecified atom stereocenters. The van der Waals surface area contributed by atoms with Gasteiger partial charge in [0.2, 0.25) is 0 Å². The van der Waals surface area contributed by atoms with Crippen molar-refractivity contribution in [2.75, 3.05) is 20.2 Å². The lowest BCUT2D eigenvalue weighted by molar-refractivity contribution is -0.149. The molecule has 0 N–H and O–H groups in total. The summed E-state index contributed by atoms with van der Waals surface area (Å²) in [5, 5.41) is 0. The largest absolute Gasteiger partial charge is 0.377 e. The Balaban J connectivity index is 1.60. The monoisotopic (exact) mass is 260 g/mol. The van der Waals surface area contributed by atoms with Crippen LogP contribution in [0, 0.1) is 11.3 Å². The fourth-order valence-electron chi connectivity index (χ4n) is 4.19. The van der Waals surface area contributed by atoms with Gasteiger partial charge in [-0.2, -0.15) is 0 Å². The van der Waals surface area contributed by atoms with E-state index in [0.29, 0.717) is 17.6 Å². The Labute approximate surface area is 116 Å². The molecule has 0 spiro atoms. The number of nitrogens with zero attached hydrogens (tertiary/aromatic N) is 2. The summed E-state index contributed by atoms with van der Waals surface area (Å²) < 4.78 is 5.88. The Hall–Kier alpha value is -0.930. The highest BCUT2D eigenvalue weighted by molar-refractivity contribution is 5.13. The van der Waals surface area contributed by atoms with E-state index in [1.807, 2.05) is 12.4 Å². The normalized spacial score (nSPS) is 32.1. The van der Waals surface area contributed by atoms with Crippen LogP contribution in [0.15, 0.2) is 24.5 Å². The van der Waals surface area contributed by atoms with Gasteiger partial charge in [-0.15, -0.1) is 0 Å². The average molecular weight is 260 g/mol. The minimum Gasteiger partial charge on any atom is -0.377 e. The highest BCUT2D eigenvalue weighted by atomic mass is 16.5. The molecule has 1 aliphatic carbocycles. The number of likely N-dealkylation sites (N-methyl/N-ethyl adjacent to an activating group) is 1. The van der Waals surface area contributed by atoms with Crippen LogP contribution in [-0.4, -0.2) is 42.2 Å². The summed E-state index contributed by atoms with van der Waals surface area (Å²) in [6.45, 7) is 6.77. The van der Waals surface area contributed by atoms with Crippen LogP contribution in [0.5, 0.6) is 0 Å². The van der Waals surface area contributed by atoms with E-state index in [1.165, 1.54) is 12.0 Å². The molecule has 2 aliphatic rings. The first kappa shape index (κ1) is 13.1. The van der Waals surface area contributed by atoms with Gasteiger partial charge in [-0.05, 0) is 37.6 Å². The zero-order valence-corrected chi connectivity index (χ0v) is 12.2. The van der Waals surface area contributed by atoms with Crippen molar-refractivity contribution < 1.29 is 4.74 Å². The highest BCUT2D eigenvalue weighted by Gasteiger charge is 2.60. The molecule has 3 atom stereocenters. The van der Waals surface area contributed by atoms with Crippen molar-refractivity contribution in [2.45, 2.75) is 38.8 Å². The topological polar surface area (TPSA) is 25.4 Å². The van der Waals surface area contributed by atoms with E-state index < -0.39 is 0 Å². The molecule has 0 bridgehead atoms. The van der Waals surface area contributed by atoms with E-state index in [1.54, 1.807) is 0 Å². The molecule has 1 saturated heterocycles. The summed E-state index contributed by atoms with van der Waals surface area (Å²) in [4.78, 5) is 6.61. The summed E-state index contributed by atoms with van der Waals surface area (Å²) in [5.41, 5.74) is 1.67. The molecule has 0 aromatic carbocycles. The van der Waals surface area contributed by atoms with E-state index >= 15 is 0 Å². The van der Waals surface area contributed by atoms with Crippen molar-refractivity contribution in [3.05, 3.63) is 30.1 Å². The third-order valence-corrected chi connectivity index (χ3v) is 5.02. The van der Waals surface area contributed by atoms with Crippen molar-refractivity contribution in [2.24, 2.45) is 11.3 Å². The molecule has 104 valence electrons. The van der Waals surface area contributed by atoms with Crippen molar-refractivity contribution in [3.8, 4) is 0 Å². The summed E-state index contributed by atoms with van der Waals surface area (Å²) >= 11 is 0. The Morgan fingerprint density at radius 3 is 2.84 bits per heavy atom. The van der Waals surface area contributed by atoms with E-state index in [9.17, 15) is 0 Å². The molecule has 3 nitrogen and oxygen atoms in total. The molecule has 1 aliphatic heterocycles. The lowest BCUT2D eigenvalue weighted by atomic mass is 9.57. The number of pyridine rings is 1. The predicted molar refractivity (Wildman–Crippen MR) is 76.0 cm³/mol. The van der Waals surface area contributed by atoms with Crippen molar-refractivity contribution in [1.29, 1.82) is 0 Å². The van der Waals surface area contributed by atoms with E-state index in [0.717, 1.165) is 25.5 Å². The van der Waals surface area contributed by atoms with Crippen LogP contribution in [0.3, 0.4) is 0 Å². The fraction of sp³-hybridized carbons (Fsp3) is 0.688. The third kappa shape index (κ3) is 2.19. The Morgan fingerprint density at radius 2 is 2.11 bits per heavy atom. The maximum absolute atomic E-state index is 5.88. The predicted octanol–water partition coefficient (Wildman–Crippen LogP) is 2.37. The highest BCUT2D eigenvalue weighted by Crippen LogP contribution is 2.54. The Bertz CT molecular complexity index is 432. The first-order valence-corrected chi connectivity index (χ1v) is 7.31. The van der Waals surface area contributed by atoms with Crippen LogP contribution in [0.25, 0.3) is 0 Å². The van der Waals surface area contributed by atoms with Gasteiger partial charge in [-0.25, -0.2) is 0 Å². The second-order valence-electron chi connectivity index (χ2n) is 6.60. The van der Waals surface area contributed by atoms with Crippen LogP contribution in [0.2, 0.25) is 0 Å². The molecule has 2 heterocycles. The maximum atomic E-state index is 5.88. The number of hydrogen-bond donors (Lipinski definition) is 0. The van der Waals surface area contributed by atoms with Gasteiger partial charge in [-0.3, -0.25) is 4.98 Å². The van der Waals surface area contributed by atoms with Gasteiger partial charge >= 0.3 is 0 Å². The molecule has 0 amide bonds. The quantitative estimate of drug-likeness (QED) is 0.831. The molecule has 3 heteroatoms. The SMILES string of the molecule is CN(CCc1ccncc1)[C@@H]1[C@@H]2CCO[C@@H]2C1(C)C. The lowest BCUT2D eigenvalue weighted by Gasteiger charge is -2.58. The molecule has 3 rings (SSSR count). The number of fused-ring (bicyclic) bond motifs is 1. The van der Waals surface area contributed by atoms with Crippen molar-refractivity contribution >= 4 is 0 Å². The standard InChI is InChI=1S/C16H24N2O/c1-16(2)14(13-7-11-19-15(13)16)18(3)10-6-12-4-8-17-9-5-12/h4-5,8-9,13-15H,6-7,10-11H2,1-3H3/t13-,14+,15-/m0/s1. The number of aromatic nitrogens is 1. The van der Waals surface area contributed by atoms with Gasteiger partial charge in [-0.1, -0.05) is 13.8 Å². The van der Waals surface area contributed by atoms with Crippen LogP contribution < -0.4 is 0 Å². The first-order chi connectivity index (χ1) is 9.10. The van der Waals surface area contributed by atoms with Gasteiger partial charge < -0.3 is 9.64 Å². The second kappa shape index (κ2) is 4.88. The van der Waals surface area contributed by atoms with Gasteiger partial charge in [0.25, 0.3) is 0 Å². The zero-order valence-electron chi connectivity index (χ0n) is 12.2. The molecular weight excluding hydrogens is 236 g/mol. The van der Waals surface area contributed by atoms with Crippen LogP contribution in [0.1, 0.15) is 25.8 Å². The summed E-state index contributed by atoms with van der Waals surface area (Å²) in [6.07, 6.45) is 6.58. The van der Waals surface area contributed by atoms with Gasteiger partial charge in [0.15, 0.2) is 0 Å². The molecular formula is C16H24N2O. The fourth-order valence-corrected chi connectivity index (χ4v) is 4.19. The molecule has 19 heavy (non-hydrogen) atoms. The second-order valence-corrected chi connectivity index (χ2v) is 6.60. The van der Waals surface area contributed by atoms with Crippen molar-refractivity contribution in [1.82, 2.24) is 9.88 Å². The van der Waals surface area contributed by atoms with Gasteiger partial charge in [0.1, 0.15) is 0 Å². The zero-order chi connectivity index (χ0) is 13.5. The average Bonchev–Trinajstić information content (AvgIpc) is 2.83. The van der Waals surface area contributed by atoms with E-state index in [-0.39, 0.29) is 0 Å². The van der Waals surface area contributed by atoms with E-state index in [2.05, 4.69) is 42.9 Å². The summed E-state index contributed by atoms with van der Waals surface area (Å²) in [5.74, 6) is 0.748. The molecule has 2 fully saturated rings. The minimum atomic E-state index is 0.300. The Morgan fingerprint density at radius 1 is 1.37 bits per heavy atom. The third-order valence-electron chi connectivity index (χ3n) is 5.02. The van der Waals surface area contributed by atoms with Crippen LogP contribution >= 0.6 is 0 Å². The molecule has 0 radical (unpaired) electrons. The van der Waals surface area contributed by atoms with Gasteiger partial charge in [0, 0.05) is 42.9 Å². The molecule has 1 aromatic heterocycles. The summed E-state index contributed by atoms with van der Waals surface area (Å²) in [6, 6.07) is 4.89. The number of rotatable bonds is 4. The minimum absolute atomic E-state index is 0.300. The number of hydrogen-bond acceptors (Lipinski definition) is 3. The van der Waals surface area contributed by atoms with Crippen LogP contribution in [-0.2, 0) is 11.2 Å². The molecule has 1 saturated carbocycles. The lowest BCUT2D eigenvalue weighted by Crippen LogP contribution is -2.66. The smallest absolute Gasteiger partial charge is 0.0685 e. The summed E-state index contributed by atoms with van der Waals surface area (Å²) in [7, 11) is 2.27. The maximum Gasteiger partial charge on any atom is 0.0685 e. The van der Waals surface area contributed by atoms with E-state index in [4.69, 9.17) is 4.74 Å². The van der Waals surface area contributed by atoms with Gasteiger partial charge in [0.05, 0.1) is 6.10 Å². The first-order valence-electron chi connectivity index (χ1n) is 7.31. The number of ether oxygens (including phenoxy) is 1. The molecule has 1 aromatic rings. The van der Waals surface area contributed by atoms with Crippen LogP contribution in [0.4, 0.5) is 0 Å². The Kier molecular flexibility index (Phi) is 3.35.